The minimum Gasteiger partial charge on any atom is -0.457 e. The van der Waals surface area contributed by atoms with E-state index in [1.165, 1.54) is 0 Å². The topological polar surface area (TPSA) is 88.1 Å². The average Bonchev–Trinajstić information content (AvgIpc) is 2.49. The fourth-order valence-corrected chi connectivity index (χ4v) is 2.10. The number of benzene rings is 2. The summed E-state index contributed by atoms with van der Waals surface area (Å²) in [7, 11) is 0. The van der Waals surface area contributed by atoms with E-state index >= 15 is 0 Å². The Morgan fingerprint density at radius 3 is 2.67 bits per heavy atom. The zero-order chi connectivity index (χ0) is 15.2. The third-order valence-electron chi connectivity index (χ3n) is 3.16. The van der Waals surface area contributed by atoms with Crippen LogP contribution in [0, 0.1) is 6.92 Å². The summed E-state index contributed by atoms with van der Waals surface area (Å²) in [5.41, 5.74) is 8.05. The number of amidine groups is 1. The SMILES string of the molecule is Cc1cc(Oc2ccccc2CCO)ccc1/C(N)=N/O. The predicted octanol–water partition coefficient (Wildman–Crippen LogP) is 2.42. The summed E-state index contributed by atoms with van der Waals surface area (Å²) in [6.07, 6.45) is 0.539. The Kier molecular flexibility index (Phi) is 4.79. The van der Waals surface area contributed by atoms with E-state index in [-0.39, 0.29) is 12.4 Å². The lowest BCUT2D eigenvalue weighted by atomic mass is 10.1. The van der Waals surface area contributed by atoms with Gasteiger partial charge in [0.25, 0.3) is 0 Å². The van der Waals surface area contributed by atoms with E-state index in [4.69, 9.17) is 20.8 Å². The van der Waals surface area contributed by atoms with Gasteiger partial charge in [-0.15, -0.1) is 0 Å². The Balaban J connectivity index is 2.27. The van der Waals surface area contributed by atoms with Gasteiger partial charge in [0.05, 0.1) is 0 Å². The van der Waals surface area contributed by atoms with Gasteiger partial charge in [-0.2, -0.15) is 0 Å². The maximum Gasteiger partial charge on any atom is 0.170 e. The van der Waals surface area contributed by atoms with Crippen LogP contribution in [-0.4, -0.2) is 22.8 Å². The molecule has 5 nitrogen and oxygen atoms in total. The standard InChI is InChI=1S/C16H18N2O3/c1-11-10-13(6-7-14(11)16(17)18-20)21-15-5-3-2-4-12(15)8-9-19/h2-7,10,19-20H,8-9H2,1H3,(H2,17,18). The van der Waals surface area contributed by atoms with Crippen molar-refractivity contribution in [2.24, 2.45) is 10.9 Å². The van der Waals surface area contributed by atoms with Crippen molar-refractivity contribution in [3.63, 3.8) is 0 Å². The zero-order valence-electron chi connectivity index (χ0n) is 11.8. The van der Waals surface area contributed by atoms with Gasteiger partial charge < -0.3 is 20.8 Å². The Morgan fingerprint density at radius 1 is 1.24 bits per heavy atom. The lowest BCUT2D eigenvalue weighted by Crippen LogP contribution is -2.14. The molecule has 0 saturated carbocycles. The molecule has 2 aromatic rings. The normalized spacial score (nSPS) is 11.4. The molecular formula is C16H18N2O3. The number of nitrogens with zero attached hydrogens (tertiary/aromatic N) is 1. The van der Waals surface area contributed by atoms with Gasteiger partial charge in [0.1, 0.15) is 11.5 Å². The molecule has 0 aliphatic rings. The summed E-state index contributed by atoms with van der Waals surface area (Å²) >= 11 is 0. The number of nitrogens with two attached hydrogens (primary N) is 1. The van der Waals surface area contributed by atoms with Gasteiger partial charge in [-0.05, 0) is 48.7 Å². The van der Waals surface area contributed by atoms with Crippen molar-refractivity contribution in [2.75, 3.05) is 6.61 Å². The molecule has 0 spiro atoms. The molecule has 0 radical (unpaired) electrons. The molecule has 21 heavy (non-hydrogen) atoms. The van der Waals surface area contributed by atoms with E-state index in [0.29, 0.717) is 23.5 Å². The monoisotopic (exact) mass is 286 g/mol. The smallest absolute Gasteiger partial charge is 0.170 e. The second-order valence-corrected chi connectivity index (χ2v) is 4.65. The third-order valence-corrected chi connectivity index (χ3v) is 3.16. The van der Waals surface area contributed by atoms with Crippen LogP contribution in [0.15, 0.2) is 47.6 Å². The summed E-state index contributed by atoms with van der Waals surface area (Å²) in [6, 6.07) is 12.9. The van der Waals surface area contributed by atoms with Gasteiger partial charge in [-0.3, -0.25) is 0 Å². The van der Waals surface area contributed by atoms with Crippen LogP contribution in [0.3, 0.4) is 0 Å². The Hall–Kier alpha value is -2.53. The summed E-state index contributed by atoms with van der Waals surface area (Å²) in [5, 5.41) is 20.8. The van der Waals surface area contributed by atoms with E-state index in [9.17, 15) is 0 Å². The highest BCUT2D eigenvalue weighted by Crippen LogP contribution is 2.27. The second-order valence-electron chi connectivity index (χ2n) is 4.65. The second kappa shape index (κ2) is 6.76. The highest BCUT2D eigenvalue weighted by Gasteiger charge is 2.08. The first-order valence-corrected chi connectivity index (χ1v) is 6.61. The molecule has 2 rings (SSSR count). The number of aryl methyl sites for hydroxylation is 1. The van der Waals surface area contributed by atoms with Gasteiger partial charge in [-0.25, -0.2) is 0 Å². The molecule has 0 fully saturated rings. The Labute approximate surface area is 123 Å². The predicted molar refractivity (Wildman–Crippen MR) is 81.0 cm³/mol. The maximum atomic E-state index is 9.07. The molecule has 0 heterocycles. The van der Waals surface area contributed by atoms with E-state index in [0.717, 1.165) is 11.1 Å². The quantitative estimate of drug-likeness (QED) is 0.341. The molecule has 0 saturated heterocycles. The third kappa shape index (κ3) is 3.52. The minimum absolute atomic E-state index is 0.0692. The zero-order valence-corrected chi connectivity index (χ0v) is 11.8. The largest absolute Gasteiger partial charge is 0.457 e. The number of rotatable bonds is 5. The fraction of sp³-hybridized carbons (Fsp3) is 0.188. The van der Waals surface area contributed by atoms with Gasteiger partial charge >= 0.3 is 0 Å². The Morgan fingerprint density at radius 2 is 2.00 bits per heavy atom. The molecule has 0 bridgehead atoms. The first kappa shape index (κ1) is 14.9. The lowest BCUT2D eigenvalue weighted by Gasteiger charge is -2.12. The van der Waals surface area contributed by atoms with E-state index < -0.39 is 0 Å². The molecule has 0 aromatic heterocycles. The van der Waals surface area contributed by atoms with Crippen molar-refractivity contribution in [2.45, 2.75) is 13.3 Å². The molecule has 0 amide bonds. The molecule has 0 atom stereocenters. The minimum atomic E-state index is 0.0692. The van der Waals surface area contributed by atoms with Crippen molar-refractivity contribution in [3.05, 3.63) is 59.2 Å². The lowest BCUT2D eigenvalue weighted by molar-refractivity contribution is 0.298. The van der Waals surface area contributed by atoms with Crippen LogP contribution in [0.4, 0.5) is 0 Å². The van der Waals surface area contributed by atoms with Crippen molar-refractivity contribution < 1.29 is 15.1 Å². The van der Waals surface area contributed by atoms with Crippen LogP contribution in [-0.2, 0) is 6.42 Å². The number of hydrogen-bond acceptors (Lipinski definition) is 4. The summed E-state index contributed by atoms with van der Waals surface area (Å²) in [5.74, 6) is 1.44. The maximum absolute atomic E-state index is 9.07. The molecule has 0 aliphatic carbocycles. The van der Waals surface area contributed by atoms with Crippen LogP contribution < -0.4 is 10.5 Å². The number of hydrogen-bond donors (Lipinski definition) is 3. The van der Waals surface area contributed by atoms with Gasteiger partial charge in [0.15, 0.2) is 5.84 Å². The Bertz CT molecular complexity index is 654. The van der Waals surface area contributed by atoms with Crippen LogP contribution in [0.25, 0.3) is 0 Å². The number of aliphatic hydroxyl groups excluding tert-OH is 1. The summed E-state index contributed by atoms with van der Waals surface area (Å²) in [6.45, 7) is 1.93. The van der Waals surface area contributed by atoms with Crippen molar-refractivity contribution in [1.82, 2.24) is 0 Å². The molecule has 110 valence electrons. The van der Waals surface area contributed by atoms with Crippen molar-refractivity contribution in [1.29, 1.82) is 0 Å². The highest BCUT2D eigenvalue weighted by molar-refractivity contribution is 5.98. The molecule has 2 aromatic carbocycles. The van der Waals surface area contributed by atoms with Crippen LogP contribution in [0.1, 0.15) is 16.7 Å². The van der Waals surface area contributed by atoms with E-state index in [1.807, 2.05) is 37.3 Å². The van der Waals surface area contributed by atoms with Crippen LogP contribution in [0.2, 0.25) is 0 Å². The molecular weight excluding hydrogens is 268 g/mol. The number of ether oxygens (including phenoxy) is 1. The van der Waals surface area contributed by atoms with Crippen molar-refractivity contribution in [3.8, 4) is 11.5 Å². The first-order chi connectivity index (χ1) is 10.2. The number of oxime groups is 1. The van der Waals surface area contributed by atoms with Crippen LogP contribution in [0.5, 0.6) is 11.5 Å². The molecule has 0 aliphatic heterocycles. The van der Waals surface area contributed by atoms with Gasteiger partial charge in [0, 0.05) is 12.2 Å². The van der Waals surface area contributed by atoms with Gasteiger partial charge in [0.2, 0.25) is 0 Å². The fourth-order valence-electron chi connectivity index (χ4n) is 2.10. The van der Waals surface area contributed by atoms with E-state index in [1.54, 1.807) is 12.1 Å². The number of para-hydroxylation sites is 1. The summed E-state index contributed by atoms with van der Waals surface area (Å²) in [4.78, 5) is 0. The first-order valence-electron chi connectivity index (χ1n) is 6.61. The molecule has 5 heteroatoms. The van der Waals surface area contributed by atoms with Crippen molar-refractivity contribution >= 4 is 5.84 Å². The van der Waals surface area contributed by atoms with E-state index in [2.05, 4.69) is 5.16 Å². The van der Waals surface area contributed by atoms with Crippen LogP contribution >= 0.6 is 0 Å². The molecule has 0 unspecified atom stereocenters. The highest BCUT2D eigenvalue weighted by atomic mass is 16.5. The summed E-state index contributed by atoms with van der Waals surface area (Å²) < 4.78 is 5.86. The van der Waals surface area contributed by atoms with Gasteiger partial charge in [-0.1, -0.05) is 23.4 Å². The number of aliphatic hydroxyl groups is 1. The average molecular weight is 286 g/mol. The molecule has 4 N–H and O–H groups in total.